The zero-order chi connectivity index (χ0) is 13.0. The summed E-state index contributed by atoms with van der Waals surface area (Å²) in [7, 11) is 0. The Morgan fingerprint density at radius 1 is 1.11 bits per heavy atom. The van der Waals surface area contributed by atoms with Gasteiger partial charge in [-0.2, -0.15) is 0 Å². The lowest BCUT2D eigenvalue weighted by molar-refractivity contribution is 0.104. The summed E-state index contributed by atoms with van der Waals surface area (Å²) in [6, 6.07) is 14.4. The van der Waals surface area contributed by atoms with Gasteiger partial charge in [-0.1, -0.05) is 48.0 Å². The van der Waals surface area contributed by atoms with Crippen LogP contribution in [0.4, 0.5) is 0 Å². The van der Waals surface area contributed by atoms with Crippen LogP contribution in [0.25, 0.3) is 6.08 Å². The summed E-state index contributed by atoms with van der Waals surface area (Å²) in [5.41, 5.74) is 2.44. The second-order valence-corrected chi connectivity index (χ2v) is 4.13. The van der Waals surface area contributed by atoms with Gasteiger partial charge in [0.15, 0.2) is 5.78 Å². The number of para-hydroxylation sites is 1. The Balaban J connectivity index is 2.20. The van der Waals surface area contributed by atoms with Crippen LogP contribution >= 0.6 is 0 Å². The van der Waals surface area contributed by atoms with E-state index in [-0.39, 0.29) is 11.5 Å². The van der Waals surface area contributed by atoms with Crippen LogP contribution in [0.15, 0.2) is 54.6 Å². The molecule has 0 atom stereocenters. The van der Waals surface area contributed by atoms with E-state index in [1.807, 2.05) is 31.2 Å². The monoisotopic (exact) mass is 238 g/mol. The molecule has 2 rings (SSSR count). The molecule has 0 spiro atoms. The van der Waals surface area contributed by atoms with Crippen molar-refractivity contribution in [3.8, 4) is 5.75 Å². The molecule has 90 valence electrons. The van der Waals surface area contributed by atoms with Crippen LogP contribution in [0.2, 0.25) is 0 Å². The van der Waals surface area contributed by atoms with Crippen LogP contribution in [-0.4, -0.2) is 10.9 Å². The zero-order valence-corrected chi connectivity index (χ0v) is 10.1. The molecule has 0 aliphatic carbocycles. The maximum Gasteiger partial charge on any atom is 0.189 e. The van der Waals surface area contributed by atoms with Gasteiger partial charge in [0.25, 0.3) is 0 Å². The van der Waals surface area contributed by atoms with Crippen molar-refractivity contribution in [3.63, 3.8) is 0 Å². The highest BCUT2D eigenvalue weighted by Crippen LogP contribution is 2.17. The van der Waals surface area contributed by atoms with Crippen LogP contribution in [0.1, 0.15) is 21.5 Å². The van der Waals surface area contributed by atoms with E-state index < -0.39 is 0 Å². The van der Waals surface area contributed by atoms with Gasteiger partial charge in [-0.3, -0.25) is 4.79 Å². The SMILES string of the molecule is Cc1cccc(C=CC(=O)c2ccccc2O)c1. The van der Waals surface area contributed by atoms with Gasteiger partial charge in [0.2, 0.25) is 0 Å². The van der Waals surface area contributed by atoms with E-state index in [9.17, 15) is 9.90 Å². The first-order valence-corrected chi connectivity index (χ1v) is 5.74. The Morgan fingerprint density at radius 2 is 1.89 bits per heavy atom. The lowest BCUT2D eigenvalue weighted by atomic mass is 10.1. The summed E-state index contributed by atoms with van der Waals surface area (Å²) in [6.45, 7) is 2.00. The molecule has 18 heavy (non-hydrogen) atoms. The molecular weight excluding hydrogens is 224 g/mol. The molecule has 0 unspecified atom stereocenters. The van der Waals surface area contributed by atoms with Crippen molar-refractivity contribution in [2.45, 2.75) is 6.92 Å². The van der Waals surface area contributed by atoms with E-state index in [1.165, 1.54) is 12.1 Å². The molecule has 0 bridgehead atoms. The third-order valence-corrected chi connectivity index (χ3v) is 2.64. The molecule has 0 aromatic heterocycles. The molecule has 0 radical (unpaired) electrons. The minimum absolute atomic E-state index is 0.0105. The molecule has 0 saturated carbocycles. The van der Waals surface area contributed by atoms with E-state index in [0.29, 0.717) is 5.56 Å². The zero-order valence-electron chi connectivity index (χ0n) is 10.1. The van der Waals surface area contributed by atoms with Gasteiger partial charge in [0.1, 0.15) is 5.75 Å². The van der Waals surface area contributed by atoms with E-state index in [4.69, 9.17) is 0 Å². The summed E-state index contributed by atoms with van der Waals surface area (Å²) in [6.07, 6.45) is 3.23. The largest absolute Gasteiger partial charge is 0.507 e. The Hall–Kier alpha value is -2.35. The predicted molar refractivity (Wildman–Crippen MR) is 72.7 cm³/mol. The number of aromatic hydroxyl groups is 1. The molecule has 2 heteroatoms. The number of ketones is 1. The molecule has 2 nitrogen and oxygen atoms in total. The molecule has 0 fully saturated rings. The molecule has 2 aromatic carbocycles. The lowest BCUT2D eigenvalue weighted by Gasteiger charge is -1.99. The van der Waals surface area contributed by atoms with Gasteiger partial charge in [0, 0.05) is 0 Å². The van der Waals surface area contributed by atoms with E-state index in [1.54, 1.807) is 24.3 Å². The van der Waals surface area contributed by atoms with Crippen LogP contribution in [-0.2, 0) is 0 Å². The molecule has 1 N–H and O–H groups in total. The fourth-order valence-corrected chi connectivity index (χ4v) is 1.72. The van der Waals surface area contributed by atoms with Crippen LogP contribution in [0.5, 0.6) is 5.75 Å². The van der Waals surface area contributed by atoms with Crippen LogP contribution in [0.3, 0.4) is 0 Å². The van der Waals surface area contributed by atoms with Crippen molar-refractivity contribution in [3.05, 3.63) is 71.3 Å². The number of hydrogen-bond donors (Lipinski definition) is 1. The first kappa shape index (κ1) is 12.1. The molecule has 0 aliphatic heterocycles. The van der Waals surface area contributed by atoms with E-state index in [2.05, 4.69) is 0 Å². The minimum atomic E-state index is -0.199. The Kier molecular flexibility index (Phi) is 3.58. The van der Waals surface area contributed by atoms with Crippen molar-refractivity contribution < 1.29 is 9.90 Å². The first-order chi connectivity index (χ1) is 8.66. The number of benzene rings is 2. The number of rotatable bonds is 3. The number of carbonyl (C=O) groups is 1. The minimum Gasteiger partial charge on any atom is -0.507 e. The van der Waals surface area contributed by atoms with Gasteiger partial charge < -0.3 is 5.11 Å². The topological polar surface area (TPSA) is 37.3 Å². The van der Waals surface area contributed by atoms with Gasteiger partial charge in [0.05, 0.1) is 5.56 Å². The Morgan fingerprint density at radius 3 is 2.61 bits per heavy atom. The molecule has 0 aliphatic rings. The number of hydrogen-bond acceptors (Lipinski definition) is 2. The average Bonchev–Trinajstić information content (AvgIpc) is 2.37. The maximum atomic E-state index is 11.9. The second-order valence-electron chi connectivity index (χ2n) is 4.13. The molecule has 2 aromatic rings. The number of phenols is 1. The predicted octanol–water partition coefficient (Wildman–Crippen LogP) is 3.60. The molecule has 0 heterocycles. The Labute approximate surface area is 106 Å². The van der Waals surface area contributed by atoms with E-state index >= 15 is 0 Å². The summed E-state index contributed by atoms with van der Waals surface area (Å²) in [5.74, 6) is -0.189. The van der Waals surface area contributed by atoms with Gasteiger partial charge in [-0.05, 0) is 30.7 Å². The third-order valence-electron chi connectivity index (χ3n) is 2.64. The summed E-state index contributed by atoms with van der Waals surface area (Å²) >= 11 is 0. The number of carbonyl (C=O) groups excluding carboxylic acids is 1. The fraction of sp³-hybridized carbons (Fsp3) is 0.0625. The number of phenolic OH excluding ortho intramolecular Hbond substituents is 1. The summed E-state index contributed by atoms with van der Waals surface area (Å²) in [4.78, 5) is 11.9. The smallest absolute Gasteiger partial charge is 0.189 e. The van der Waals surface area contributed by atoms with Gasteiger partial charge in [-0.15, -0.1) is 0 Å². The Bertz CT molecular complexity index is 598. The standard InChI is InChI=1S/C16H14O2/c1-12-5-4-6-13(11-12)9-10-16(18)14-7-2-3-8-15(14)17/h2-11,17H,1H3. The van der Waals surface area contributed by atoms with Crippen molar-refractivity contribution >= 4 is 11.9 Å². The second kappa shape index (κ2) is 5.32. The highest BCUT2D eigenvalue weighted by Gasteiger charge is 2.06. The molecule has 0 saturated heterocycles. The van der Waals surface area contributed by atoms with Crippen molar-refractivity contribution in [1.29, 1.82) is 0 Å². The van der Waals surface area contributed by atoms with Crippen LogP contribution < -0.4 is 0 Å². The van der Waals surface area contributed by atoms with Crippen molar-refractivity contribution in [2.24, 2.45) is 0 Å². The van der Waals surface area contributed by atoms with E-state index in [0.717, 1.165) is 11.1 Å². The summed E-state index contributed by atoms with van der Waals surface area (Å²) in [5, 5.41) is 9.57. The van der Waals surface area contributed by atoms with Gasteiger partial charge in [-0.25, -0.2) is 0 Å². The number of allylic oxidation sites excluding steroid dienone is 1. The van der Waals surface area contributed by atoms with Crippen LogP contribution in [0, 0.1) is 6.92 Å². The average molecular weight is 238 g/mol. The fourth-order valence-electron chi connectivity index (χ4n) is 1.72. The quantitative estimate of drug-likeness (QED) is 0.655. The lowest BCUT2D eigenvalue weighted by Crippen LogP contribution is -1.94. The molecule has 0 amide bonds. The highest BCUT2D eigenvalue weighted by atomic mass is 16.3. The highest BCUT2D eigenvalue weighted by molar-refractivity contribution is 6.08. The number of aryl methyl sites for hydroxylation is 1. The maximum absolute atomic E-state index is 11.9. The summed E-state index contributed by atoms with van der Waals surface area (Å²) < 4.78 is 0. The van der Waals surface area contributed by atoms with Gasteiger partial charge >= 0.3 is 0 Å². The normalized spacial score (nSPS) is 10.7. The van der Waals surface area contributed by atoms with Crippen molar-refractivity contribution in [1.82, 2.24) is 0 Å². The first-order valence-electron chi connectivity index (χ1n) is 5.74. The molecular formula is C16H14O2. The van der Waals surface area contributed by atoms with Crippen molar-refractivity contribution in [2.75, 3.05) is 0 Å². The third kappa shape index (κ3) is 2.86.